The first-order chi connectivity index (χ1) is 4.89. The molecule has 66 valence electrons. The molecule has 0 radical (unpaired) electrons. The number of hydroxylamine groups is 1. The van der Waals surface area contributed by atoms with Crippen molar-refractivity contribution < 1.29 is 9.63 Å². The largest absolute Gasteiger partial charge is 0.319 e. The lowest BCUT2D eigenvalue weighted by Gasteiger charge is -2.25. The minimum Gasteiger partial charge on any atom is -0.319 e. The second kappa shape index (κ2) is 3.69. The molecule has 3 N–H and O–H groups in total. The summed E-state index contributed by atoms with van der Waals surface area (Å²) in [6.45, 7) is 5.69. The van der Waals surface area contributed by atoms with Gasteiger partial charge in [0.25, 0.3) is 5.91 Å². The van der Waals surface area contributed by atoms with Gasteiger partial charge in [0, 0.05) is 0 Å². The number of rotatable bonds is 2. The normalized spacial score (nSPS) is 14.3. The number of amides is 1. The minimum atomic E-state index is -0.539. The number of hydrogen-bond donors (Lipinski definition) is 2. The third kappa shape index (κ3) is 3.34. The van der Waals surface area contributed by atoms with Crippen LogP contribution in [0, 0.1) is 5.41 Å². The molecule has 11 heavy (non-hydrogen) atoms. The maximum absolute atomic E-state index is 11.0. The third-order valence-corrected chi connectivity index (χ3v) is 1.42. The lowest BCUT2D eigenvalue weighted by atomic mass is 9.87. The van der Waals surface area contributed by atoms with Gasteiger partial charge < -0.3 is 5.73 Å². The van der Waals surface area contributed by atoms with E-state index in [9.17, 15) is 4.79 Å². The molecule has 1 amide bonds. The summed E-state index contributed by atoms with van der Waals surface area (Å²) in [6, 6.07) is -0.539. The molecular formula is C7H16N2O2. The van der Waals surface area contributed by atoms with Crippen molar-refractivity contribution in [3.63, 3.8) is 0 Å². The second-order valence-corrected chi connectivity index (χ2v) is 3.51. The van der Waals surface area contributed by atoms with Gasteiger partial charge in [-0.25, -0.2) is 5.48 Å². The Morgan fingerprint density at radius 1 is 1.55 bits per heavy atom. The van der Waals surface area contributed by atoms with E-state index in [1.165, 1.54) is 7.11 Å². The summed E-state index contributed by atoms with van der Waals surface area (Å²) >= 11 is 0. The van der Waals surface area contributed by atoms with E-state index < -0.39 is 6.04 Å². The molecule has 0 saturated heterocycles. The first-order valence-corrected chi connectivity index (χ1v) is 3.48. The Morgan fingerprint density at radius 2 is 2.00 bits per heavy atom. The fourth-order valence-electron chi connectivity index (χ4n) is 0.557. The van der Waals surface area contributed by atoms with Crippen LogP contribution in [-0.2, 0) is 9.63 Å². The second-order valence-electron chi connectivity index (χ2n) is 3.51. The number of carbonyl (C=O) groups excluding carboxylic acids is 1. The standard InChI is InChI=1S/C7H16N2O2/c1-7(2,3)5(8)6(10)9-11-4/h5H,8H2,1-4H3,(H,9,10)/t5-/m0/s1. The van der Waals surface area contributed by atoms with Crippen LogP contribution in [-0.4, -0.2) is 19.1 Å². The Morgan fingerprint density at radius 3 is 2.27 bits per heavy atom. The Labute approximate surface area is 67.0 Å². The molecule has 0 saturated carbocycles. The summed E-state index contributed by atoms with van der Waals surface area (Å²) < 4.78 is 0. The molecule has 4 nitrogen and oxygen atoms in total. The topological polar surface area (TPSA) is 64.3 Å². The van der Waals surface area contributed by atoms with E-state index in [4.69, 9.17) is 5.73 Å². The molecule has 1 atom stereocenters. The van der Waals surface area contributed by atoms with Gasteiger partial charge in [0.1, 0.15) is 0 Å². The van der Waals surface area contributed by atoms with Crippen LogP contribution < -0.4 is 11.2 Å². The first-order valence-electron chi connectivity index (χ1n) is 3.48. The van der Waals surface area contributed by atoms with Gasteiger partial charge in [0.15, 0.2) is 0 Å². The van der Waals surface area contributed by atoms with Crippen LogP contribution in [0.5, 0.6) is 0 Å². The highest BCUT2D eigenvalue weighted by Gasteiger charge is 2.27. The van der Waals surface area contributed by atoms with E-state index >= 15 is 0 Å². The SMILES string of the molecule is CONC(=O)[C@H](N)C(C)(C)C. The summed E-state index contributed by atoms with van der Waals surface area (Å²) in [5, 5.41) is 0. The van der Waals surface area contributed by atoms with Gasteiger partial charge in [-0.2, -0.15) is 0 Å². The van der Waals surface area contributed by atoms with E-state index in [1.54, 1.807) is 0 Å². The van der Waals surface area contributed by atoms with Gasteiger partial charge in [0.05, 0.1) is 13.2 Å². The molecule has 4 heteroatoms. The maximum Gasteiger partial charge on any atom is 0.260 e. The molecule has 0 fully saturated rings. The van der Waals surface area contributed by atoms with Crippen molar-refractivity contribution >= 4 is 5.91 Å². The van der Waals surface area contributed by atoms with Crippen LogP contribution in [0.2, 0.25) is 0 Å². The summed E-state index contributed by atoms with van der Waals surface area (Å²) in [5.41, 5.74) is 7.54. The zero-order valence-corrected chi connectivity index (χ0v) is 7.47. The fourth-order valence-corrected chi connectivity index (χ4v) is 0.557. The molecule has 0 aromatic heterocycles. The number of carbonyl (C=O) groups is 1. The Balaban J connectivity index is 4.03. The number of nitrogens with one attached hydrogen (secondary N) is 1. The van der Waals surface area contributed by atoms with Crippen LogP contribution in [0.15, 0.2) is 0 Å². The van der Waals surface area contributed by atoms with E-state index in [0.717, 1.165) is 0 Å². The Kier molecular flexibility index (Phi) is 3.48. The quantitative estimate of drug-likeness (QED) is 0.560. The number of hydrogen-bond acceptors (Lipinski definition) is 3. The molecule has 0 rings (SSSR count). The van der Waals surface area contributed by atoms with Crippen LogP contribution in [0.3, 0.4) is 0 Å². The van der Waals surface area contributed by atoms with Crippen LogP contribution in [0.4, 0.5) is 0 Å². The smallest absolute Gasteiger partial charge is 0.260 e. The molecule has 0 aromatic carbocycles. The highest BCUT2D eigenvalue weighted by atomic mass is 16.6. The third-order valence-electron chi connectivity index (χ3n) is 1.42. The van der Waals surface area contributed by atoms with E-state index in [-0.39, 0.29) is 11.3 Å². The van der Waals surface area contributed by atoms with Crippen molar-refractivity contribution in [1.82, 2.24) is 5.48 Å². The molecule has 0 unspecified atom stereocenters. The van der Waals surface area contributed by atoms with E-state index in [2.05, 4.69) is 10.3 Å². The maximum atomic E-state index is 11.0. The average Bonchev–Trinajstić information content (AvgIpc) is 1.85. The molecule has 0 heterocycles. The fraction of sp³-hybridized carbons (Fsp3) is 0.857. The van der Waals surface area contributed by atoms with Crippen molar-refractivity contribution in [3.8, 4) is 0 Å². The van der Waals surface area contributed by atoms with E-state index in [1.807, 2.05) is 20.8 Å². The summed E-state index contributed by atoms with van der Waals surface area (Å²) in [7, 11) is 1.38. The highest BCUT2D eigenvalue weighted by molar-refractivity contribution is 5.81. The van der Waals surface area contributed by atoms with Gasteiger partial charge in [-0.15, -0.1) is 0 Å². The van der Waals surface area contributed by atoms with Gasteiger partial charge in [-0.1, -0.05) is 20.8 Å². The van der Waals surface area contributed by atoms with Crippen LogP contribution in [0.25, 0.3) is 0 Å². The lowest BCUT2D eigenvalue weighted by Crippen LogP contribution is -2.48. The van der Waals surface area contributed by atoms with Gasteiger partial charge in [0.2, 0.25) is 0 Å². The molecular weight excluding hydrogens is 144 g/mol. The van der Waals surface area contributed by atoms with Gasteiger partial charge in [-0.05, 0) is 5.41 Å². The molecule has 0 aliphatic rings. The van der Waals surface area contributed by atoms with Crippen molar-refractivity contribution in [2.24, 2.45) is 11.1 Å². The number of nitrogens with two attached hydrogens (primary N) is 1. The average molecular weight is 160 g/mol. The molecule has 0 aromatic rings. The highest BCUT2D eigenvalue weighted by Crippen LogP contribution is 2.16. The van der Waals surface area contributed by atoms with Crippen molar-refractivity contribution in [2.75, 3.05) is 7.11 Å². The summed E-state index contributed by atoms with van der Waals surface area (Å²) in [4.78, 5) is 15.5. The molecule has 0 aliphatic carbocycles. The van der Waals surface area contributed by atoms with Gasteiger partial charge >= 0.3 is 0 Å². The molecule has 0 aliphatic heterocycles. The lowest BCUT2D eigenvalue weighted by molar-refractivity contribution is -0.134. The summed E-state index contributed by atoms with van der Waals surface area (Å²) in [5.74, 6) is -0.292. The monoisotopic (exact) mass is 160 g/mol. The zero-order chi connectivity index (χ0) is 9.07. The van der Waals surface area contributed by atoms with Crippen LogP contribution >= 0.6 is 0 Å². The summed E-state index contributed by atoms with van der Waals surface area (Å²) in [6.07, 6.45) is 0. The zero-order valence-electron chi connectivity index (χ0n) is 7.47. The predicted octanol–water partition coefficient (Wildman–Crippen LogP) is 0.0374. The predicted molar refractivity (Wildman–Crippen MR) is 42.6 cm³/mol. The van der Waals surface area contributed by atoms with Gasteiger partial charge in [-0.3, -0.25) is 9.63 Å². The minimum absolute atomic E-state index is 0.234. The molecule has 0 bridgehead atoms. The van der Waals surface area contributed by atoms with Crippen molar-refractivity contribution in [3.05, 3.63) is 0 Å². The van der Waals surface area contributed by atoms with E-state index in [0.29, 0.717) is 0 Å². The first kappa shape index (κ1) is 10.4. The Bertz CT molecular complexity index is 140. The van der Waals surface area contributed by atoms with Crippen molar-refractivity contribution in [1.29, 1.82) is 0 Å². The Hall–Kier alpha value is -0.610. The van der Waals surface area contributed by atoms with Crippen molar-refractivity contribution in [2.45, 2.75) is 26.8 Å². The molecule has 0 spiro atoms. The van der Waals surface area contributed by atoms with Crippen LogP contribution in [0.1, 0.15) is 20.8 Å².